The molecule has 14 heteroatoms. The van der Waals surface area contributed by atoms with Crippen molar-refractivity contribution in [2.75, 3.05) is 12.3 Å². The Labute approximate surface area is 172 Å². The highest BCUT2D eigenvalue weighted by atomic mass is 31.2. The number of nitrogens with two attached hydrogens (primary N) is 1. The molecule has 3 heterocycles. The summed E-state index contributed by atoms with van der Waals surface area (Å²) in [5.41, 5.74) is 5.09. The molecule has 0 radical (unpaired) electrons. The van der Waals surface area contributed by atoms with Crippen molar-refractivity contribution in [3.63, 3.8) is 0 Å². The number of imidazole rings is 1. The molecule has 7 N–H and O–H groups in total. The predicted octanol–water partition coefficient (Wildman–Crippen LogP) is -0.881. The Morgan fingerprint density at radius 2 is 2.00 bits per heavy atom. The second kappa shape index (κ2) is 8.44. The fraction of sp³-hybridized carbons (Fsp3) is 0.688. The van der Waals surface area contributed by atoms with Gasteiger partial charge in [-0.25, -0.2) is 4.98 Å². The van der Waals surface area contributed by atoms with Gasteiger partial charge in [-0.05, 0) is 27.7 Å². The lowest BCUT2D eigenvalue weighted by atomic mass is 10.1. The second-order valence-electron chi connectivity index (χ2n) is 7.66. The number of nitrogens with zero attached hydrogens (tertiary/aromatic N) is 4. The summed E-state index contributed by atoms with van der Waals surface area (Å²) in [6.07, 6.45) is -3.67. The molecule has 3 rings (SSSR count). The van der Waals surface area contributed by atoms with Gasteiger partial charge >= 0.3 is 8.09 Å². The number of aromatic amines is 1. The second-order valence-corrected chi connectivity index (χ2v) is 9.36. The highest BCUT2D eigenvalue weighted by Crippen LogP contribution is 2.59. The monoisotopic (exact) mass is 447 g/mol. The Balaban J connectivity index is 1.93. The Morgan fingerprint density at radius 3 is 2.57 bits per heavy atom. The molecule has 168 valence electrons. The smallest absolute Gasteiger partial charge is 0.394 e. The minimum atomic E-state index is -4.10. The molecule has 0 aromatic carbocycles. The molecule has 2 aromatic heterocycles. The number of rotatable bonds is 7. The van der Waals surface area contributed by atoms with Gasteiger partial charge in [-0.1, -0.05) is 4.67 Å². The van der Waals surface area contributed by atoms with E-state index in [1.165, 1.54) is 15.6 Å². The zero-order valence-electron chi connectivity index (χ0n) is 17.1. The minimum absolute atomic E-state index is 0.0122. The first-order valence-electron chi connectivity index (χ1n) is 9.46. The van der Waals surface area contributed by atoms with Crippen molar-refractivity contribution in [3.05, 3.63) is 16.7 Å². The molecule has 0 bridgehead atoms. The van der Waals surface area contributed by atoms with Gasteiger partial charge in [0.25, 0.3) is 5.56 Å². The third-order valence-corrected chi connectivity index (χ3v) is 6.89. The maximum atomic E-state index is 12.0. The minimum Gasteiger partial charge on any atom is -0.394 e. The number of nitrogen functional groups attached to an aromatic ring is 1. The van der Waals surface area contributed by atoms with Gasteiger partial charge in [-0.15, -0.1) is 0 Å². The van der Waals surface area contributed by atoms with E-state index in [0.29, 0.717) is 0 Å². The number of H-pyrrole nitrogens is 1. The molecule has 0 spiro atoms. The van der Waals surface area contributed by atoms with Crippen LogP contribution in [0.1, 0.15) is 33.9 Å². The molecule has 0 unspecified atom stereocenters. The first-order valence-corrected chi connectivity index (χ1v) is 11.0. The standard InChI is InChI=1S/C16H27N6O7P/c1-7(2)22(8(3)4)30(26,27)29-12-9(5-23)28-15(11(12)24)21-6-18-10-13(21)19-16(17)20-14(10)25/h6-9,11-12,15,23-24,26-27H,5H2,1-4H3,(H2-,17,19,20,25)/p+1/t9-,11-,12-,15-/m1/s1. The summed E-state index contributed by atoms with van der Waals surface area (Å²) >= 11 is 0. The fourth-order valence-corrected chi connectivity index (χ4v) is 5.67. The van der Waals surface area contributed by atoms with Gasteiger partial charge in [0.15, 0.2) is 23.5 Å². The SMILES string of the molecule is CC(C)N(C(C)C)[P+](O)(O)O[C@H]1[C@@H](O)[C@H](n2cnc3c(=O)[nH]c(N)nc32)O[C@@H]1CO. The predicted molar refractivity (Wildman–Crippen MR) is 108 cm³/mol. The van der Waals surface area contributed by atoms with Crippen LogP contribution in [0.15, 0.2) is 11.1 Å². The maximum absolute atomic E-state index is 12.0. The average Bonchev–Trinajstić information content (AvgIpc) is 3.15. The molecule has 0 saturated carbocycles. The van der Waals surface area contributed by atoms with Crippen LogP contribution >= 0.6 is 8.09 Å². The van der Waals surface area contributed by atoms with Crippen molar-refractivity contribution in [3.8, 4) is 0 Å². The van der Waals surface area contributed by atoms with Crippen molar-refractivity contribution in [2.24, 2.45) is 0 Å². The van der Waals surface area contributed by atoms with E-state index < -0.39 is 44.8 Å². The molecule has 1 aliphatic rings. The lowest BCUT2D eigenvalue weighted by Crippen LogP contribution is -2.42. The van der Waals surface area contributed by atoms with Crippen LogP contribution in [-0.2, 0) is 9.26 Å². The first-order chi connectivity index (χ1) is 14.0. The lowest BCUT2D eigenvalue weighted by Gasteiger charge is -2.32. The summed E-state index contributed by atoms with van der Waals surface area (Å²) in [4.78, 5) is 43.7. The van der Waals surface area contributed by atoms with Crippen LogP contribution in [0.4, 0.5) is 5.95 Å². The number of ether oxygens (including phenoxy) is 1. The Bertz CT molecular complexity index is 940. The van der Waals surface area contributed by atoms with E-state index in [2.05, 4.69) is 15.0 Å². The highest BCUT2D eigenvalue weighted by Gasteiger charge is 2.57. The third-order valence-electron chi connectivity index (χ3n) is 4.84. The van der Waals surface area contributed by atoms with Crippen LogP contribution in [0.5, 0.6) is 0 Å². The number of aromatic nitrogens is 4. The van der Waals surface area contributed by atoms with Gasteiger partial charge in [0, 0.05) is 12.1 Å². The van der Waals surface area contributed by atoms with Crippen LogP contribution in [0.25, 0.3) is 11.2 Å². The molecular formula is C16H28N6O7P+. The van der Waals surface area contributed by atoms with Crippen LogP contribution < -0.4 is 11.3 Å². The molecule has 0 aliphatic carbocycles. The molecule has 1 fully saturated rings. The number of aliphatic hydroxyl groups is 2. The molecular weight excluding hydrogens is 419 g/mol. The summed E-state index contributed by atoms with van der Waals surface area (Å²) in [5.74, 6) is -0.145. The summed E-state index contributed by atoms with van der Waals surface area (Å²) < 4.78 is 13.9. The van der Waals surface area contributed by atoms with Crippen LogP contribution in [-0.4, -0.2) is 81.2 Å². The number of aliphatic hydroxyl groups excluding tert-OH is 2. The van der Waals surface area contributed by atoms with E-state index in [1.807, 2.05) is 0 Å². The highest BCUT2D eigenvalue weighted by molar-refractivity contribution is 7.57. The molecule has 0 amide bonds. The van der Waals surface area contributed by atoms with Crippen LogP contribution in [0.2, 0.25) is 0 Å². The number of hydrogen-bond acceptors (Lipinski definition) is 11. The van der Waals surface area contributed by atoms with E-state index in [0.717, 1.165) is 0 Å². The van der Waals surface area contributed by atoms with Gasteiger partial charge in [0.05, 0.1) is 12.9 Å². The van der Waals surface area contributed by atoms with Crippen LogP contribution in [0, 0.1) is 0 Å². The van der Waals surface area contributed by atoms with Crippen molar-refractivity contribution >= 4 is 25.2 Å². The molecule has 2 aromatic rings. The van der Waals surface area contributed by atoms with Crippen molar-refractivity contribution in [1.29, 1.82) is 0 Å². The summed E-state index contributed by atoms with van der Waals surface area (Å²) in [7, 11) is -4.10. The van der Waals surface area contributed by atoms with Crippen LogP contribution in [0.3, 0.4) is 0 Å². The normalized spacial score (nSPS) is 25.3. The zero-order chi connectivity index (χ0) is 22.4. The number of hydrogen-bond donors (Lipinski definition) is 6. The van der Waals surface area contributed by atoms with Crippen molar-refractivity contribution in [1.82, 2.24) is 24.2 Å². The van der Waals surface area contributed by atoms with E-state index in [1.54, 1.807) is 27.7 Å². The summed E-state index contributed by atoms with van der Waals surface area (Å²) in [5, 5.41) is 20.6. The van der Waals surface area contributed by atoms with Crippen molar-refractivity contribution < 1.29 is 29.3 Å². The first kappa shape index (κ1) is 23.0. The topological polar surface area (TPSA) is 192 Å². The number of anilines is 1. The van der Waals surface area contributed by atoms with Gasteiger partial charge in [0.1, 0.15) is 12.2 Å². The molecule has 13 nitrogen and oxygen atoms in total. The van der Waals surface area contributed by atoms with E-state index >= 15 is 0 Å². The Hall–Kier alpha value is -1.70. The van der Waals surface area contributed by atoms with E-state index in [-0.39, 0.29) is 29.2 Å². The average molecular weight is 447 g/mol. The fourth-order valence-electron chi connectivity index (χ4n) is 3.77. The summed E-state index contributed by atoms with van der Waals surface area (Å²) in [6.45, 7) is 6.57. The largest absolute Gasteiger partial charge is 0.500 e. The zero-order valence-corrected chi connectivity index (χ0v) is 18.0. The van der Waals surface area contributed by atoms with Gasteiger partial charge in [-0.3, -0.25) is 14.3 Å². The van der Waals surface area contributed by atoms with Gasteiger partial charge < -0.3 is 20.7 Å². The van der Waals surface area contributed by atoms with E-state index in [9.17, 15) is 24.8 Å². The Morgan fingerprint density at radius 1 is 1.37 bits per heavy atom. The molecule has 1 aliphatic heterocycles. The van der Waals surface area contributed by atoms with Gasteiger partial charge in [0.2, 0.25) is 5.95 Å². The Kier molecular flexibility index (Phi) is 6.46. The number of nitrogens with one attached hydrogen (secondary N) is 1. The maximum Gasteiger partial charge on any atom is 0.500 e. The molecule has 1 saturated heterocycles. The lowest BCUT2D eigenvalue weighted by molar-refractivity contribution is -0.0513. The quantitative estimate of drug-likeness (QED) is 0.289. The van der Waals surface area contributed by atoms with E-state index in [4.69, 9.17) is 15.0 Å². The summed E-state index contributed by atoms with van der Waals surface area (Å²) in [6, 6.07) is -0.514. The van der Waals surface area contributed by atoms with Gasteiger partial charge in [-0.2, -0.15) is 19.3 Å². The van der Waals surface area contributed by atoms with Crippen molar-refractivity contribution in [2.45, 2.75) is 64.3 Å². The number of fused-ring (bicyclic) bond motifs is 1. The molecule has 30 heavy (non-hydrogen) atoms. The molecule has 4 atom stereocenters. The third kappa shape index (κ3) is 4.07.